The number of hydrogen-bond donors (Lipinski definition) is 1. The molecule has 0 saturated heterocycles. The number of aliphatic hydroxyl groups is 1. The fourth-order valence-electron chi connectivity index (χ4n) is 2.10. The molecule has 0 aromatic carbocycles. The van der Waals surface area contributed by atoms with E-state index in [1.165, 1.54) is 25.2 Å². The molecule has 0 spiro atoms. The van der Waals surface area contributed by atoms with E-state index >= 15 is 0 Å². The summed E-state index contributed by atoms with van der Waals surface area (Å²) in [4.78, 5) is 22.4. The molecule has 3 nitrogen and oxygen atoms in total. The number of carbonyl (C=O) groups is 2. The lowest BCUT2D eigenvalue weighted by atomic mass is 9.64. The quantitative estimate of drug-likeness (QED) is 0.725. The van der Waals surface area contributed by atoms with Gasteiger partial charge in [0.1, 0.15) is 5.60 Å². The van der Waals surface area contributed by atoms with E-state index < -0.39 is 11.0 Å². The van der Waals surface area contributed by atoms with Crippen LogP contribution < -0.4 is 0 Å². The second-order valence-electron chi connectivity index (χ2n) is 5.06. The van der Waals surface area contributed by atoms with Gasteiger partial charge in [-0.05, 0) is 37.6 Å². The summed E-state index contributed by atoms with van der Waals surface area (Å²) in [7, 11) is 0. The summed E-state index contributed by atoms with van der Waals surface area (Å²) >= 11 is 0. The van der Waals surface area contributed by atoms with Crippen LogP contribution in [0.1, 0.15) is 34.1 Å². The van der Waals surface area contributed by atoms with Crippen molar-refractivity contribution in [2.75, 3.05) is 0 Å². The highest BCUT2D eigenvalue weighted by Crippen LogP contribution is 2.43. The molecule has 0 aromatic heterocycles. The predicted molar refractivity (Wildman–Crippen MR) is 61.9 cm³/mol. The first-order valence-electron chi connectivity index (χ1n) is 5.33. The third-order valence-electron chi connectivity index (χ3n) is 3.19. The van der Waals surface area contributed by atoms with Gasteiger partial charge in [-0.2, -0.15) is 0 Å². The minimum Gasteiger partial charge on any atom is -0.381 e. The standard InChI is InChI=1S/C13H18O3/c1-9-7-11(15)8-12(3,4)13(9,16)6-5-10(2)14/h5-7,16H,8H2,1-4H3/b6-5+/t13-/m1/s1. The molecule has 0 aromatic rings. The van der Waals surface area contributed by atoms with Crippen LogP contribution in [0, 0.1) is 5.41 Å². The Morgan fingerprint density at radius 3 is 2.50 bits per heavy atom. The summed E-state index contributed by atoms with van der Waals surface area (Å²) in [6.07, 6.45) is 4.58. The molecule has 1 atom stereocenters. The van der Waals surface area contributed by atoms with Crippen molar-refractivity contribution in [2.45, 2.75) is 39.7 Å². The Morgan fingerprint density at radius 2 is 2.06 bits per heavy atom. The van der Waals surface area contributed by atoms with Crippen LogP contribution in [0.15, 0.2) is 23.8 Å². The van der Waals surface area contributed by atoms with Crippen LogP contribution in [0.2, 0.25) is 0 Å². The van der Waals surface area contributed by atoms with Crippen LogP contribution in [-0.2, 0) is 9.59 Å². The molecule has 0 aliphatic heterocycles. The first-order chi connectivity index (χ1) is 7.19. The van der Waals surface area contributed by atoms with Crippen molar-refractivity contribution in [3.63, 3.8) is 0 Å². The lowest BCUT2D eigenvalue weighted by Crippen LogP contribution is -2.48. The zero-order valence-electron chi connectivity index (χ0n) is 10.2. The van der Waals surface area contributed by atoms with Gasteiger partial charge in [-0.3, -0.25) is 9.59 Å². The monoisotopic (exact) mass is 222 g/mol. The molecule has 0 saturated carbocycles. The number of allylic oxidation sites excluding steroid dienone is 2. The van der Waals surface area contributed by atoms with E-state index in [0.29, 0.717) is 5.57 Å². The van der Waals surface area contributed by atoms with E-state index in [-0.39, 0.29) is 18.0 Å². The molecule has 1 N–H and O–H groups in total. The average Bonchev–Trinajstić information content (AvgIpc) is 2.10. The zero-order chi connectivity index (χ0) is 12.6. The van der Waals surface area contributed by atoms with Crippen molar-refractivity contribution < 1.29 is 14.7 Å². The normalized spacial score (nSPS) is 29.3. The molecule has 0 bridgehead atoms. The predicted octanol–water partition coefficient (Wildman–Crippen LogP) is 1.81. The molecule has 0 fully saturated rings. The molecule has 1 aliphatic carbocycles. The van der Waals surface area contributed by atoms with E-state index in [1.54, 1.807) is 6.92 Å². The van der Waals surface area contributed by atoms with Gasteiger partial charge in [-0.1, -0.05) is 13.8 Å². The topological polar surface area (TPSA) is 54.4 Å². The van der Waals surface area contributed by atoms with Crippen molar-refractivity contribution in [1.29, 1.82) is 0 Å². The maximum absolute atomic E-state index is 11.4. The van der Waals surface area contributed by atoms with Gasteiger partial charge < -0.3 is 5.11 Å². The number of carbonyl (C=O) groups excluding carboxylic acids is 2. The SMILES string of the molecule is CC(=O)/C=C/[C@@]1(O)C(C)=CC(=O)CC1(C)C. The maximum atomic E-state index is 11.4. The van der Waals surface area contributed by atoms with Gasteiger partial charge in [0, 0.05) is 11.8 Å². The van der Waals surface area contributed by atoms with Gasteiger partial charge in [0.05, 0.1) is 0 Å². The highest BCUT2D eigenvalue weighted by Gasteiger charge is 2.46. The maximum Gasteiger partial charge on any atom is 0.156 e. The van der Waals surface area contributed by atoms with Crippen molar-refractivity contribution in [3.8, 4) is 0 Å². The molecule has 16 heavy (non-hydrogen) atoms. The Morgan fingerprint density at radius 1 is 1.50 bits per heavy atom. The second-order valence-corrected chi connectivity index (χ2v) is 5.06. The van der Waals surface area contributed by atoms with Gasteiger partial charge in [0.25, 0.3) is 0 Å². The summed E-state index contributed by atoms with van der Waals surface area (Å²) in [6.45, 7) is 6.79. The van der Waals surface area contributed by atoms with E-state index in [9.17, 15) is 14.7 Å². The van der Waals surface area contributed by atoms with Crippen LogP contribution in [0.5, 0.6) is 0 Å². The van der Waals surface area contributed by atoms with E-state index in [0.717, 1.165) is 0 Å². The molecule has 1 rings (SSSR count). The van der Waals surface area contributed by atoms with Crippen molar-refractivity contribution in [1.82, 2.24) is 0 Å². The number of hydrogen-bond acceptors (Lipinski definition) is 3. The largest absolute Gasteiger partial charge is 0.381 e. The minimum absolute atomic E-state index is 0.0170. The Balaban J connectivity index is 3.21. The Labute approximate surface area is 95.9 Å². The fourth-order valence-corrected chi connectivity index (χ4v) is 2.10. The smallest absolute Gasteiger partial charge is 0.156 e. The van der Waals surface area contributed by atoms with E-state index in [4.69, 9.17) is 0 Å². The molecule has 1 aliphatic rings. The van der Waals surface area contributed by atoms with Gasteiger partial charge in [0.2, 0.25) is 0 Å². The number of ketones is 2. The van der Waals surface area contributed by atoms with Crippen LogP contribution in [0.3, 0.4) is 0 Å². The highest BCUT2D eigenvalue weighted by atomic mass is 16.3. The van der Waals surface area contributed by atoms with E-state index in [1.807, 2.05) is 13.8 Å². The van der Waals surface area contributed by atoms with Crippen LogP contribution in [-0.4, -0.2) is 22.3 Å². The molecule has 0 heterocycles. The van der Waals surface area contributed by atoms with Crippen molar-refractivity contribution in [3.05, 3.63) is 23.8 Å². The Bertz CT molecular complexity index is 388. The van der Waals surface area contributed by atoms with Gasteiger partial charge in [-0.25, -0.2) is 0 Å². The molecule has 88 valence electrons. The first-order valence-corrected chi connectivity index (χ1v) is 5.33. The zero-order valence-corrected chi connectivity index (χ0v) is 10.2. The highest BCUT2D eigenvalue weighted by molar-refractivity contribution is 5.93. The summed E-state index contributed by atoms with van der Waals surface area (Å²) in [5, 5.41) is 10.6. The molecule has 0 unspecified atom stereocenters. The molecule has 3 heteroatoms. The van der Waals surface area contributed by atoms with Crippen LogP contribution >= 0.6 is 0 Å². The van der Waals surface area contributed by atoms with Crippen LogP contribution in [0.25, 0.3) is 0 Å². The van der Waals surface area contributed by atoms with Gasteiger partial charge in [0.15, 0.2) is 11.6 Å². The van der Waals surface area contributed by atoms with Crippen molar-refractivity contribution >= 4 is 11.6 Å². The Kier molecular flexibility index (Phi) is 3.20. The second kappa shape index (κ2) is 3.98. The molecule has 0 radical (unpaired) electrons. The third-order valence-corrected chi connectivity index (χ3v) is 3.19. The lowest BCUT2D eigenvalue weighted by Gasteiger charge is -2.43. The van der Waals surface area contributed by atoms with E-state index in [2.05, 4.69) is 0 Å². The van der Waals surface area contributed by atoms with Gasteiger partial charge in [-0.15, -0.1) is 0 Å². The summed E-state index contributed by atoms with van der Waals surface area (Å²) < 4.78 is 0. The van der Waals surface area contributed by atoms with Gasteiger partial charge >= 0.3 is 0 Å². The Hall–Kier alpha value is -1.22. The number of rotatable bonds is 2. The molecular formula is C13H18O3. The third kappa shape index (κ3) is 2.14. The average molecular weight is 222 g/mol. The van der Waals surface area contributed by atoms with Crippen molar-refractivity contribution in [2.24, 2.45) is 5.41 Å². The summed E-state index contributed by atoms with van der Waals surface area (Å²) in [5.74, 6) is -0.0997. The molecule has 0 amide bonds. The summed E-state index contributed by atoms with van der Waals surface area (Å²) in [5.41, 5.74) is -1.21. The fraction of sp³-hybridized carbons (Fsp3) is 0.538. The van der Waals surface area contributed by atoms with Crippen LogP contribution in [0.4, 0.5) is 0 Å². The first kappa shape index (κ1) is 12.8. The molecular weight excluding hydrogens is 204 g/mol. The summed E-state index contributed by atoms with van der Waals surface area (Å²) in [6, 6.07) is 0. The lowest BCUT2D eigenvalue weighted by molar-refractivity contribution is -0.121. The minimum atomic E-state index is -1.22.